The quantitative estimate of drug-likeness (QED) is 0.608. The molecule has 0 radical (unpaired) electrons. The molecule has 1 aromatic carbocycles. The van der Waals surface area contributed by atoms with Crippen LogP contribution in [0.1, 0.15) is 4.88 Å². The summed E-state index contributed by atoms with van der Waals surface area (Å²) in [5, 5.41) is 5.77. The summed E-state index contributed by atoms with van der Waals surface area (Å²) in [6.07, 6.45) is 0.544. The molecule has 7 nitrogen and oxygen atoms in total. The van der Waals surface area contributed by atoms with E-state index >= 15 is 0 Å². The number of thiophene rings is 1. The van der Waals surface area contributed by atoms with Crippen LogP contribution in [-0.4, -0.2) is 35.6 Å². The maximum absolute atomic E-state index is 12.7. The summed E-state index contributed by atoms with van der Waals surface area (Å²) in [7, 11) is -3.26. The third kappa shape index (κ3) is 4.86. The molecule has 3 rings (SSSR count). The lowest BCUT2D eigenvalue weighted by atomic mass is 10.1. The molecule has 0 spiro atoms. The summed E-state index contributed by atoms with van der Waals surface area (Å²) in [6.45, 7) is -0.466. The van der Waals surface area contributed by atoms with Gasteiger partial charge in [0.2, 0.25) is 0 Å². The van der Waals surface area contributed by atoms with Crippen LogP contribution in [0, 0.1) is 0 Å². The highest BCUT2D eigenvalue weighted by molar-refractivity contribution is 7.90. The standard InChI is InChI=1S/C18H18F2N4O3S2/c1-29(26,27)16-4-2-12(3-5-16)13-6-15(28-10-13)9-23-11-22-24(18(23)25)8-14(7-21)17(19)20/h2-6,10-11H,7-9,21H2,1H3. The van der Waals surface area contributed by atoms with E-state index in [4.69, 9.17) is 5.73 Å². The van der Waals surface area contributed by atoms with E-state index in [9.17, 15) is 22.0 Å². The highest BCUT2D eigenvalue weighted by Crippen LogP contribution is 2.27. The molecule has 11 heteroatoms. The van der Waals surface area contributed by atoms with Gasteiger partial charge in [-0.2, -0.15) is 13.9 Å². The molecule has 0 atom stereocenters. The van der Waals surface area contributed by atoms with E-state index in [1.165, 1.54) is 22.2 Å². The fraction of sp³-hybridized carbons (Fsp3) is 0.222. The average molecular weight is 440 g/mol. The summed E-state index contributed by atoms with van der Waals surface area (Å²) in [5.41, 5.74) is 6.16. The topological polar surface area (TPSA) is 100.0 Å². The lowest BCUT2D eigenvalue weighted by Crippen LogP contribution is -2.27. The number of nitrogens with zero attached hydrogens (tertiary/aromatic N) is 3. The van der Waals surface area contributed by atoms with Gasteiger partial charge in [0.1, 0.15) is 6.33 Å². The third-order valence-electron chi connectivity index (χ3n) is 4.25. The Hall–Kier alpha value is -2.63. The van der Waals surface area contributed by atoms with Gasteiger partial charge in [0, 0.05) is 23.3 Å². The number of benzene rings is 1. The molecule has 0 aliphatic rings. The Morgan fingerprint density at radius 3 is 2.48 bits per heavy atom. The summed E-state index contributed by atoms with van der Waals surface area (Å²) in [5.74, 6) is 0. The lowest BCUT2D eigenvalue weighted by Gasteiger charge is -2.02. The van der Waals surface area contributed by atoms with E-state index in [0.717, 1.165) is 26.9 Å². The highest BCUT2D eigenvalue weighted by Gasteiger charge is 2.12. The van der Waals surface area contributed by atoms with Crippen LogP contribution < -0.4 is 11.4 Å². The van der Waals surface area contributed by atoms with Gasteiger partial charge in [-0.1, -0.05) is 12.1 Å². The molecule has 3 aromatic rings. The van der Waals surface area contributed by atoms with E-state index in [2.05, 4.69) is 5.10 Å². The normalized spacial score (nSPS) is 11.6. The van der Waals surface area contributed by atoms with Crippen LogP contribution in [0.3, 0.4) is 0 Å². The molecule has 0 fully saturated rings. The van der Waals surface area contributed by atoms with Crippen molar-refractivity contribution in [3.8, 4) is 11.1 Å². The van der Waals surface area contributed by atoms with Crippen LogP contribution >= 0.6 is 11.3 Å². The van der Waals surface area contributed by atoms with Crippen LogP contribution in [0.2, 0.25) is 0 Å². The molecule has 0 aliphatic carbocycles. The molecular weight excluding hydrogens is 422 g/mol. The van der Waals surface area contributed by atoms with Crippen molar-refractivity contribution in [3.63, 3.8) is 0 Å². The van der Waals surface area contributed by atoms with Gasteiger partial charge in [-0.25, -0.2) is 17.9 Å². The molecule has 154 valence electrons. The van der Waals surface area contributed by atoms with Crippen LogP contribution in [0.4, 0.5) is 8.78 Å². The van der Waals surface area contributed by atoms with Crippen molar-refractivity contribution in [2.75, 3.05) is 12.8 Å². The van der Waals surface area contributed by atoms with Gasteiger partial charge >= 0.3 is 5.69 Å². The minimum atomic E-state index is -3.26. The van der Waals surface area contributed by atoms with Gasteiger partial charge < -0.3 is 5.73 Å². The van der Waals surface area contributed by atoms with Crippen LogP contribution in [0.25, 0.3) is 11.1 Å². The SMILES string of the molecule is CS(=O)(=O)c1ccc(-c2csc(Cn3cnn(CC(CN)=C(F)F)c3=O)c2)cc1. The van der Waals surface area contributed by atoms with Crippen LogP contribution in [0.5, 0.6) is 0 Å². The van der Waals surface area contributed by atoms with Gasteiger partial charge in [-0.15, -0.1) is 11.3 Å². The van der Waals surface area contributed by atoms with Crippen molar-refractivity contribution in [3.05, 3.63) is 69.1 Å². The second kappa shape index (κ2) is 8.39. The fourth-order valence-corrected chi connectivity index (χ4v) is 4.17. The molecule has 2 N–H and O–H groups in total. The third-order valence-corrected chi connectivity index (χ3v) is 6.30. The van der Waals surface area contributed by atoms with E-state index in [-0.39, 0.29) is 30.1 Å². The first-order valence-electron chi connectivity index (χ1n) is 8.42. The van der Waals surface area contributed by atoms with Crippen molar-refractivity contribution in [1.82, 2.24) is 14.3 Å². The Balaban J connectivity index is 1.77. The zero-order valence-electron chi connectivity index (χ0n) is 15.4. The molecule has 2 heterocycles. The van der Waals surface area contributed by atoms with Crippen molar-refractivity contribution in [2.24, 2.45) is 5.73 Å². The van der Waals surface area contributed by atoms with Gasteiger partial charge in [0.05, 0.1) is 18.0 Å². The Kier molecular flexibility index (Phi) is 6.10. The Morgan fingerprint density at radius 2 is 1.90 bits per heavy atom. The first-order valence-corrected chi connectivity index (χ1v) is 11.2. The maximum atomic E-state index is 12.7. The molecule has 0 aliphatic heterocycles. The summed E-state index contributed by atoms with van der Waals surface area (Å²) in [6, 6.07) is 8.42. The number of rotatable bonds is 7. The molecule has 0 bridgehead atoms. The fourth-order valence-electron chi connectivity index (χ4n) is 2.65. The maximum Gasteiger partial charge on any atom is 0.346 e. The molecule has 29 heavy (non-hydrogen) atoms. The number of sulfone groups is 1. The first kappa shape index (κ1) is 21.1. The predicted octanol–water partition coefficient (Wildman–Crippen LogP) is 2.33. The second-order valence-corrected chi connectivity index (χ2v) is 9.38. The number of halogens is 2. The van der Waals surface area contributed by atoms with Gasteiger partial charge in [0.25, 0.3) is 6.08 Å². The van der Waals surface area contributed by atoms with E-state index in [1.54, 1.807) is 24.3 Å². The Bertz CT molecular complexity index is 1200. The Morgan fingerprint density at radius 1 is 1.21 bits per heavy atom. The zero-order valence-corrected chi connectivity index (χ0v) is 17.0. The molecule has 2 aromatic heterocycles. The molecule has 0 amide bonds. The van der Waals surface area contributed by atoms with Crippen LogP contribution in [-0.2, 0) is 22.9 Å². The number of aromatic nitrogens is 3. The molecule has 0 unspecified atom stereocenters. The van der Waals surface area contributed by atoms with Gasteiger partial charge in [-0.3, -0.25) is 4.57 Å². The number of nitrogens with two attached hydrogens (primary N) is 1. The van der Waals surface area contributed by atoms with Crippen molar-refractivity contribution >= 4 is 21.2 Å². The van der Waals surface area contributed by atoms with E-state index in [0.29, 0.717) is 0 Å². The zero-order chi connectivity index (χ0) is 21.2. The molecule has 0 saturated heterocycles. The highest BCUT2D eigenvalue weighted by atomic mass is 32.2. The number of hydrogen-bond donors (Lipinski definition) is 1. The Labute approximate surface area is 169 Å². The summed E-state index contributed by atoms with van der Waals surface area (Å²) >= 11 is 1.43. The van der Waals surface area contributed by atoms with Crippen molar-refractivity contribution < 1.29 is 17.2 Å². The van der Waals surface area contributed by atoms with Gasteiger partial charge in [-0.05, 0) is 34.7 Å². The minimum Gasteiger partial charge on any atom is -0.327 e. The van der Waals surface area contributed by atoms with Crippen molar-refractivity contribution in [2.45, 2.75) is 18.0 Å². The predicted molar refractivity (Wildman–Crippen MR) is 107 cm³/mol. The van der Waals surface area contributed by atoms with Crippen molar-refractivity contribution in [1.29, 1.82) is 0 Å². The molecule has 0 saturated carbocycles. The lowest BCUT2D eigenvalue weighted by molar-refractivity contribution is 0.400. The second-order valence-electron chi connectivity index (χ2n) is 6.37. The van der Waals surface area contributed by atoms with E-state index < -0.39 is 21.6 Å². The number of hydrogen-bond acceptors (Lipinski definition) is 6. The first-order chi connectivity index (χ1) is 13.7. The molecular formula is C18H18F2N4O3S2. The summed E-state index contributed by atoms with van der Waals surface area (Å²) < 4.78 is 50.9. The van der Waals surface area contributed by atoms with Gasteiger partial charge in [0.15, 0.2) is 9.84 Å². The van der Waals surface area contributed by atoms with Crippen LogP contribution in [0.15, 0.2) is 63.4 Å². The summed E-state index contributed by atoms with van der Waals surface area (Å²) in [4.78, 5) is 13.5. The largest absolute Gasteiger partial charge is 0.346 e. The van der Waals surface area contributed by atoms with E-state index in [1.807, 2.05) is 11.4 Å². The minimum absolute atomic E-state index is 0.241. The monoisotopic (exact) mass is 440 g/mol. The smallest absolute Gasteiger partial charge is 0.327 e. The average Bonchev–Trinajstić information content (AvgIpc) is 3.27.